The number of hydrogen-bond donors (Lipinski definition) is 0. The fourth-order valence-electron chi connectivity index (χ4n) is 1.16. The van der Waals surface area contributed by atoms with E-state index in [4.69, 9.17) is 16.9 Å². The Labute approximate surface area is 95.8 Å². The maximum atomic E-state index is 12.6. The van der Waals surface area contributed by atoms with Gasteiger partial charge < -0.3 is 0 Å². The monoisotopic (exact) mass is 245 g/mol. The summed E-state index contributed by atoms with van der Waals surface area (Å²) in [5.74, 6) is 0. The number of halogens is 4. The first-order valence-electron chi connectivity index (χ1n) is 4.35. The van der Waals surface area contributed by atoms with Crippen LogP contribution in [0.1, 0.15) is 17.5 Å². The van der Waals surface area contributed by atoms with E-state index >= 15 is 0 Å². The molecule has 0 aliphatic rings. The lowest BCUT2D eigenvalue weighted by atomic mass is 10.1. The van der Waals surface area contributed by atoms with E-state index in [9.17, 15) is 13.2 Å². The van der Waals surface area contributed by atoms with Gasteiger partial charge in [0.15, 0.2) is 0 Å². The van der Waals surface area contributed by atoms with Crippen molar-refractivity contribution in [1.29, 1.82) is 5.26 Å². The largest absolute Gasteiger partial charge is 0.417 e. The van der Waals surface area contributed by atoms with Crippen LogP contribution >= 0.6 is 11.6 Å². The maximum Gasteiger partial charge on any atom is 0.417 e. The molecule has 0 heterocycles. The van der Waals surface area contributed by atoms with Crippen molar-refractivity contribution in [1.82, 2.24) is 0 Å². The van der Waals surface area contributed by atoms with Gasteiger partial charge in [0.25, 0.3) is 0 Å². The van der Waals surface area contributed by atoms with Crippen LogP contribution in [-0.2, 0) is 6.18 Å². The lowest BCUT2D eigenvalue weighted by Gasteiger charge is -2.10. The minimum absolute atomic E-state index is 0.00662. The molecule has 5 heteroatoms. The zero-order chi connectivity index (χ0) is 12.2. The van der Waals surface area contributed by atoms with Gasteiger partial charge in [0.05, 0.1) is 18.1 Å². The minimum Gasteiger partial charge on any atom is -0.198 e. The highest BCUT2D eigenvalue weighted by Gasteiger charge is 2.32. The Bertz CT molecular complexity index is 444. The van der Waals surface area contributed by atoms with Crippen molar-refractivity contribution in [2.45, 2.75) is 12.6 Å². The molecular weight excluding hydrogens is 239 g/mol. The normalized spacial score (nSPS) is 11.7. The van der Waals surface area contributed by atoms with Gasteiger partial charge in [0.1, 0.15) is 0 Å². The van der Waals surface area contributed by atoms with Crippen LogP contribution in [0, 0.1) is 11.3 Å². The molecule has 0 aliphatic heterocycles. The maximum absolute atomic E-state index is 12.6. The molecule has 0 aliphatic carbocycles. The molecule has 0 saturated carbocycles. The molecular formula is C11H7ClF3N. The number of nitrogens with zero attached hydrogens (tertiary/aromatic N) is 1. The van der Waals surface area contributed by atoms with Crippen molar-refractivity contribution in [3.8, 4) is 6.07 Å². The average molecular weight is 246 g/mol. The Morgan fingerprint density at radius 1 is 1.38 bits per heavy atom. The molecule has 1 aromatic rings. The summed E-state index contributed by atoms with van der Waals surface area (Å²) in [6.07, 6.45) is -1.74. The molecule has 1 aromatic carbocycles. The molecule has 1 rings (SSSR count). The van der Waals surface area contributed by atoms with Crippen LogP contribution in [-0.4, -0.2) is 0 Å². The van der Waals surface area contributed by atoms with Gasteiger partial charge in [-0.3, -0.25) is 0 Å². The summed E-state index contributed by atoms with van der Waals surface area (Å²) in [6, 6.07) is 5.34. The van der Waals surface area contributed by atoms with E-state index in [0.717, 1.165) is 6.07 Å². The Morgan fingerprint density at radius 3 is 2.62 bits per heavy atom. The molecule has 0 bridgehead atoms. The van der Waals surface area contributed by atoms with E-state index in [1.807, 2.05) is 6.07 Å². The molecule has 0 unspecified atom stereocenters. The fraction of sp³-hybridized carbons (Fsp3) is 0.182. The van der Waals surface area contributed by atoms with Crippen molar-refractivity contribution >= 4 is 17.7 Å². The van der Waals surface area contributed by atoms with Gasteiger partial charge in [0.2, 0.25) is 0 Å². The van der Waals surface area contributed by atoms with E-state index < -0.39 is 11.7 Å². The molecule has 0 radical (unpaired) electrons. The predicted octanol–water partition coefficient (Wildman–Crippen LogP) is 4.29. The average Bonchev–Trinajstić information content (AvgIpc) is 2.19. The third-order valence-electron chi connectivity index (χ3n) is 1.83. The van der Waals surface area contributed by atoms with Gasteiger partial charge in [-0.1, -0.05) is 29.8 Å². The number of nitriles is 1. The van der Waals surface area contributed by atoms with Crippen LogP contribution in [0.3, 0.4) is 0 Å². The molecule has 0 saturated heterocycles. The number of hydrogen-bond acceptors (Lipinski definition) is 1. The van der Waals surface area contributed by atoms with Crippen LogP contribution in [0.15, 0.2) is 24.3 Å². The Balaban J connectivity index is 3.14. The minimum atomic E-state index is -4.45. The fourth-order valence-corrected chi connectivity index (χ4v) is 1.33. The summed E-state index contributed by atoms with van der Waals surface area (Å²) in [4.78, 5) is 0. The molecule has 0 spiro atoms. The van der Waals surface area contributed by atoms with E-state index in [1.165, 1.54) is 24.3 Å². The third kappa shape index (κ3) is 3.28. The van der Waals surface area contributed by atoms with E-state index in [0.29, 0.717) is 0 Å². The first kappa shape index (κ1) is 12.6. The van der Waals surface area contributed by atoms with Crippen LogP contribution < -0.4 is 0 Å². The molecule has 0 amide bonds. The smallest absolute Gasteiger partial charge is 0.198 e. The summed E-state index contributed by atoms with van der Waals surface area (Å²) in [6.45, 7) is 0. The second-order valence-corrected chi connectivity index (χ2v) is 3.43. The van der Waals surface area contributed by atoms with Crippen LogP contribution in [0.5, 0.6) is 0 Å². The Morgan fingerprint density at radius 2 is 2.06 bits per heavy atom. The van der Waals surface area contributed by atoms with Crippen molar-refractivity contribution in [3.05, 3.63) is 40.4 Å². The van der Waals surface area contributed by atoms with Crippen LogP contribution in [0.2, 0.25) is 5.02 Å². The molecule has 0 N–H and O–H groups in total. The lowest BCUT2D eigenvalue weighted by molar-refractivity contribution is -0.137. The van der Waals surface area contributed by atoms with E-state index in [-0.39, 0.29) is 17.0 Å². The van der Waals surface area contributed by atoms with Crippen LogP contribution in [0.4, 0.5) is 13.2 Å². The van der Waals surface area contributed by atoms with Gasteiger partial charge in [-0.25, -0.2) is 0 Å². The molecule has 1 nitrogen and oxygen atoms in total. The zero-order valence-corrected chi connectivity index (χ0v) is 8.81. The first-order chi connectivity index (χ1) is 7.45. The second-order valence-electron chi connectivity index (χ2n) is 2.99. The summed E-state index contributed by atoms with van der Waals surface area (Å²) in [7, 11) is 0. The van der Waals surface area contributed by atoms with Crippen molar-refractivity contribution in [3.63, 3.8) is 0 Å². The highest BCUT2D eigenvalue weighted by molar-refractivity contribution is 6.30. The first-order valence-corrected chi connectivity index (χ1v) is 4.73. The quantitative estimate of drug-likeness (QED) is 0.763. The van der Waals surface area contributed by atoms with Crippen molar-refractivity contribution in [2.75, 3.05) is 0 Å². The van der Waals surface area contributed by atoms with E-state index in [1.54, 1.807) is 0 Å². The molecule has 84 valence electrons. The highest BCUT2D eigenvalue weighted by atomic mass is 35.5. The van der Waals surface area contributed by atoms with Gasteiger partial charge >= 0.3 is 6.18 Å². The SMILES string of the molecule is N#CCC=Cc1ccc(Cl)cc1C(F)(F)F. The second kappa shape index (κ2) is 5.04. The van der Waals surface area contributed by atoms with Gasteiger partial charge in [-0.05, 0) is 17.7 Å². The standard InChI is InChI=1S/C11H7ClF3N/c12-9-5-4-8(3-1-2-6-16)10(7-9)11(13,14)15/h1,3-5,7H,2H2. The van der Waals surface area contributed by atoms with E-state index in [2.05, 4.69) is 0 Å². The van der Waals surface area contributed by atoms with Gasteiger partial charge in [-0.15, -0.1) is 0 Å². The topological polar surface area (TPSA) is 23.8 Å². The summed E-state index contributed by atoms with van der Waals surface area (Å²) in [5.41, 5.74) is -0.790. The zero-order valence-electron chi connectivity index (χ0n) is 8.05. The number of alkyl halides is 3. The third-order valence-corrected chi connectivity index (χ3v) is 2.06. The van der Waals surface area contributed by atoms with Crippen molar-refractivity contribution < 1.29 is 13.2 Å². The lowest BCUT2D eigenvalue weighted by Crippen LogP contribution is -2.07. The van der Waals surface area contributed by atoms with Gasteiger partial charge in [-0.2, -0.15) is 18.4 Å². The summed E-state index contributed by atoms with van der Waals surface area (Å²) >= 11 is 5.51. The molecule has 0 aromatic heterocycles. The number of rotatable bonds is 2. The number of allylic oxidation sites excluding steroid dienone is 1. The molecule has 0 fully saturated rings. The molecule has 16 heavy (non-hydrogen) atoms. The summed E-state index contributed by atoms with van der Waals surface area (Å²) in [5, 5.41) is 8.31. The number of benzene rings is 1. The van der Waals surface area contributed by atoms with Gasteiger partial charge in [0, 0.05) is 5.02 Å². The Hall–Kier alpha value is -1.47. The van der Waals surface area contributed by atoms with Crippen LogP contribution in [0.25, 0.3) is 6.08 Å². The predicted molar refractivity (Wildman–Crippen MR) is 55.7 cm³/mol. The van der Waals surface area contributed by atoms with Crippen molar-refractivity contribution in [2.24, 2.45) is 0 Å². The summed E-state index contributed by atoms with van der Waals surface area (Å²) < 4.78 is 37.7. The Kier molecular flexibility index (Phi) is 3.97. The highest BCUT2D eigenvalue weighted by Crippen LogP contribution is 2.34. The molecule has 0 atom stereocenters.